The highest BCUT2D eigenvalue weighted by Gasteiger charge is 2.29. The fourth-order valence-corrected chi connectivity index (χ4v) is 5.57. The van der Waals surface area contributed by atoms with Crippen molar-refractivity contribution < 1.29 is 14.0 Å². The van der Waals surface area contributed by atoms with E-state index in [2.05, 4.69) is 15.7 Å². The zero-order valence-corrected chi connectivity index (χ0v) is 19.7. The second-order valence-corrected chi connectivity index (χ2v) is 9.89. The number of nitrogens with one attached hydrogen (secondary N) is 2. The van der Waals surface area contributed by atoms with E-state index in [-0.39, 0.29) is 23.8 Å². The van der Waals surface area contributed by atoms with Crippen LogP contribution >= 0.6 is 0 Å². The first kappa shape index (κ1) is 22.9. The highest BCUT2D eigenvalue weighted by atomic mass is 19.1. The van der Waals surface area contributed by atoms with Gasteiger partial charge in [0.15, 0.2) is 5.69 Å². The van der Waals surface area contributed by atoms with Gasteiger partial charge in [0, 0.05) is 36.4 Å². The molecule has 3 amide bonds. The van der Waals surface area contributed by atoms with Gasteiger partial charge in [-0.25, -0.2) is 13.9 Å². The molecule has 5 rings (SSSR count). The minimum Gasteiger partial charge on any atom is -0.348 e. The molecule has 3 aliphatic rings. The number of amides is 3. The minimum absolute atomic E-state index is 0.0291. The summed E-state index contributed by atoms with van der Waals surface area (Å²) >= 11 is 0. The first-order chi connectivity index (χ1) is 16.6. The van der Waals surface area contributed by atoms with E-state index in [4.69, 9.17) is 0 Å². The van der Waals surface area contributed by atoms with Crippen molar-refractivity contribution in [1.82, 2.24) is 25.3 Å². The summed E-state index contributed by atoms with van der Waals surface area (Å²) < 4.78 is 15.2. The normalized spacial score (nSPS) is 19.5. The molecule has 34 heavy (non-hydrogen) atoms. The fourth-order valence-electron chi connectivity index (χ4n) is 5.57. The van der Waals surface area contributed by atoms with Crippen molar-refractivity contribution in [3.8, 4) is 5.69 Å². The molecular formula is C26H34FN5O2. The number of piperidine rings is 1. The van der Waals surface area contributed by atoms with Crippen LogP contribution in [0.15, 0.2) is 24.3 Å². The van der Waals surface area contributed by atoms with Crippen molar-refractivity contribution in [3.05, 3.63) is 47.0 Å². The summed E-state index contributed by atoms with van der Waals surface area (Å²) in [4.78, 5) is 27.7. The first-order valence-corrected chi connectivity index (χ1v) is 12.8. The van der Waals surface area contributed by atoms with Gasteiger partial charge in [-0.15, -0.1) is 0 Å². The molecule has 2 fully saturated rings. The molecule has 0 bridgehead atoms. The second kappa shape index (κ2) is 10.2. The number of hydrogen-bond acceptors (Lipinski definition) is 3. The molecule has 1 saturated carbocycles. The molecule has 0 spiro atoms. The largest absolute Gasteiger partial charge is 0.348 e. The summed E-state index contributed by atoms with van der Waals surface area (Å²) in [6, 6.07) is 6.61. The average Bonchev–Trinajstić information content (AvgIpc) is 3.25. The van der Waals surface area contributed by atoms with Gasteiger partial charge in [-0.1, -0.05) is 19.3 Å². The summed E-state index contributed by atoms with van der Waals surface area (Å²) in [6.07, 6.45) is 11.1. The molecule has 7 nitrogen and oxygen atoms in total. The Morgan fingerprint density at radius 1 is 0.853 bits per heavy atom. The number of rotatable bonds is 4. The molecule has 1 aromatic carbocycles. The number of carbonyl (C=O) groups is 2. The molecule has 1 saturated heterocycles. The van der Waals surface area contributed by atoms with Crippen LogP contribution in [0.2, 0.25) is 0 Å². The van der Waals surface area contributed by atoms with Gasteiger partial charge in [-0.3, -0.25) is 4.79 Å². The number of halogens is 1. The first-order valence-electron chi connectivity index (χ1n) is 12.8. The summed E-state index contributed by atoms with van der Waals surface area (Å²) in [7, 11) is 0. The van der Waals surface area contributed by atoms with Crippen molar-refractivity contribution in [2.75, 3.05) is 13.1 Å². The van der Waals surface area contributed by atoms with Crippen molar-refractivity contribution in [2.45, 2.75) is 82.7 Å². The Morgan fingerprint density at radius 3 is 2.26 bits per heavy atom. The highest BCUT2D eigenvalue weighted by molar-refractivity contribution is 5.94. The third-order valence-electron chi connectivity index (χ3n) is 7.52. The summed E-state index contributed by atoms with van der Waals surface area (Å²) in [6.45, 7) is 1.29. The van der Waals surface area contributed by atoms with Crippen LogP contribution in [-0.2, 0) is 12.8 Å². The summed E-state index contributed by atoms with van der Waals surface area (Å²) in [5, 5.41) is 11.0. The Morgan fingerprint density at radius 2 is 1.53 bits per heavy atom. The van der Waals surface area contributed by atoms with Crippen molar-refractivity contribution in [2.24, 2.45) is 0 Å². The lowest BCUT2D eigenvalue weighted by Gasteiger charge is -2.34. The number of aromatic nitrogens is 2. The van der Waals surface area contributed by atoms with Crippen LogP contribution in [0.5, 0.6) is 0 Å². The SMILES string of the molecule is O=C(NC1CCN(C(=O)NC2CCCCC2)CC1)c1nn(-c2ccc(F)cc2)c2c1CCCC2. The monoisotopic (exact) mass is 467 g/mol. The Hall–Kier alpha value is -2.90. The molecule has 0 radical (unpaired) electrons. The van der Waals surface area contributed by atoms with E-state index in [1.54, 1.807) is 16.8 Å². The van der Waals surface area contributed by atoms with Crippen LogP contribution < -0.4 is 10.6 Å². The zero-order chi connectivity index (χ0) is 23.5. The zero-order valence-electron chi connectivity index (χ0n) is 19.7. The number of carbonyl (C=O) groups excluding carboxylic acids is 2. The smallest absolute Gasteiger partial charge is 0.317 e. The average molecular weight is 468 g/mol. The Labute approximate surface area is 200 Å². The third-order valence-corrected chi connectivity index (χ3v) is 7.52. The minimum atomic E-state index is -0.290. The van der Waals surface area contributed by atoms with Crippen LogP contribution in [0.4, 0.5) is 9.18 Å². The van der Waals surface area contributed by atoms with Gasteiger partial charge in [-0.05, 0) is 75.6 Å². The molecule has 182 valence electrons. The maximum atomic E-state index is 13.4. The lowest BCUT2D eigenvalue weighted by Crippen LogP contribution is -2.51. The molecule has 2 N–H and O–H groups in total. The second-order valence-electron chi connectivity index (χ2n) is 9.89. The lowest BCUT2D eigenvalue weighted by molar-refractivity contribution is 0.0911. The number of benzene rings is 1. The van der Waals surface area contributed by atoms with Crippen molar-refractivity contribution in [3.63, 3.8) is 0 Å². The van der Waals surface area contributed by atoms with Crippen LogP contribution in [-0.4, -0.2) is 51.8 Å². The van der Waals surface area contributed by atoms with Crippen LogP contribution in [0.3, 0.4) is 0 Å². The van der Waals surface area contributed by atoms with Crippen LogP contribution in [0.25, 0.3) is 5.69 Å². The molecule has 8 heteroatoms. The molecular weight excluding hydrogens is 433 g/mol. The van der Waals surface area contributed by atoms with Crippen molar-refractivity contribution >= 4 is 11.9 Å². The van der Waals surface area contributed by atoms with E-state index in [9.17, 15) is 14.0 Å². The van der Waals surface area contributed by atoms with Crippen molar-refractivity contribution in [1.29, 1.82) is 0 Å². The van der Waals surface area contributed by atoms with Gasteiger partial charge in [0.1, 0.15) is 5.82 Å². The molecule has 1 aromatic heterocycles. The molecule has 2 heterocycles. The van der Waals surface area contributed by atoms with Gasteiger partial charge in [0.2, 0.25) is 0 Å². The standard InChI is InChI=1S/C26H34FN5O2/c27-18-10-12-21(13-11-18)32-23-9-5-4-8-22(23)24(30-32)25(33)28-20-14-16-31(17-15-20)26(34)29-19-6-2-1-3-7-19/h10-13,19-20H,1-9,14-17H2,(H,28,33)(H,29,34). The number of likely N-dealkylation sites (tertiary alicyclic amines) is 1. The number of urea groups is 1. The Balaban J connectivity index is 1.21. The molecule has 1 aliphatic heterocycles. The highest BCUT2D eigenvalue weighted by Crippen LogP contribution is 2.27. The quantitative estimate of drug-likeness (QED) is 0.710. The van der Waals surface area contributed by atoms with Gasteiger partial charge in [-0.2, -0.15) is 5.10 Å². The van der Waals surface area contributed by atoms with Gasteiger partial charge < -0.3 is 15.5 Å². The Bertz CT molecular complexity index is 1020. The summed E-state index contributed by atoms with van der Waals surface area (Å²) in [5.74, 6) is -0.439. The molecule has 2 aromatic rings. The number of nitrogens with zero attached hydrogens (tertiary/aromatic N) is 3. The van der Waals surface area contributed by atoms with E-state index in [1.165, 1.54) is 31.4 Å². The number of hydrogen-bond donors (Lipinski definition) is 2. The van der Waals surface area contributed by atoms with Gasteiger partial charge in [0.25, 0.3) is 5.91 Å². The maximum absolute atomic E-state index is 13.4. The molecule has 2 aliphatic carbocycles. The topological polar surface area (TPSA) is 79.3 Å². The van der Waals surface area contributed by atoms with E-state index in [1.807, 2.05) is 4.90 Å². The predicted molar refractivity (Wildman–Crippen MR) is 128 cm³/mol. The van der Waals surface area contributed by atoms with E-state index in [0.717, 1.165) is 68.3 Å². The molecule has 0 unspecified atom stereocenters. The van der Waals surface area contributed by atoms with E-state index >= 15 is 0 Å². The van der Waals surface area contributed by atoms with E-state index in [0.29, 0.717) is 24.8 Å². The van der Waals surface area contributed by atoms with Crippen LogP contribution in [0, 0.1) is 5.82 Å². The Kier molecular flexibility index (Phi) is 6.83. The number of fused-ring (bicyclic) bond motifs is 1. The fraction of sp³-hybridized carbons (Fsp3) is 0.577. The van der Waals surface area contributed by atoms with Gasteiger partial charge >= 0.3 is 6.03 Å². The van der Waals surface area contributed by atoms with Gasteiger partial charge in [0.05, 0.1) is 5.69 Å². The third kappa shape index (κ3) is 4.95. The van der Waals surface area contributed by atoms with E-state index < -0.39 is 0 Å². The predicted octanol–water partition coefficient (Wildman–Crippen LogP) is 4.13. The molecule has 0 atom stereocenters. The summed E-state index contributed by atoms with van der Waals surface area (Å²) in [5.41, 5.74) is 3.32. The maximum Gasteiger partial charge on any atom is 0.317 e. The van der Waals surface area contributed by atoms with Crippen LogP contribution in [0.1, 0.15) is 79.5 Å². The lowest BCUT2D eigenvalue weighted by atomic mass is 9.95.